The van der Waals surface area contributed by atoms with E-state index in [0.717, 1.165) is 29.8 Å². The van der Waals surface area contributed by atoms with Crippen molar-refractivity contribution in [2.45, 2.75) is 57.8 Å². The number of carbonyl (C=O) groups is 1. The molecular formula is C22H29FN8O. The summed E-state index contributed by atoms with van der Waals surface area (Å²) < 4.78 is 15.3. The minimum atomic E-state index is -1.20. The lowest BCUT2D eigenvalue weighted by atomic mass is 10.00. The van der Waals surface area contributed by atoms with Gasteiger partial charge in [0.25, 0.3) is 5.91 Å². The van der Waals surface area contributed by atoms with Crippen LogP contribution in [0, 0.1) is 5.41 Å². The summed E-state index contributed by atoms with van der Waals surface area (Å²) in [5.41, 5.74) is 1.43. The summed E-state index contributed by atoms with van der Waals surface area (Å²) in [6, 6.07) is 2.81. The molecule has 1 aliphatic heterocycles. The van der Waals surface area contributed by atoms with E-state index >= 15 is 4.39 Å². The van der Waals surface area contributed by atoms with Gasteiger partial charge in [-0.2, -0.15) is 0 Å². The third kappa shape index (κ3) is 4.55. The largest absolute Gasteiger partial charge is 0.338 e. The second kappa shape index (κ2) is 9.15. The average molecular weight is 441 g/mol. The Morgan fingerprint density at radius 2 is 1.94 bits per heavy atom. The number of pyridine rings is 1. The SMILES string of the molecule is CCc1cnc(N2CC[C@@H](N(C(=O)c3ccc(N(N)C(C)=N)nc3)C3CC3)[C@@H](F)C2)nc1. The number of nitrogens with one attached hydrogen (secondary N) is 1. The average Bonchev–Trinajstić information content (AvgIpc) is 3.65. The van der Waals surface area contributed by atoms with Gasteiger partial charge in [-0.05, 0) is 50.3 Å². The molecule has 1 amide bonds. The topological polar surface area (TPSA) is 115 Å². The van der Waals surface area contributed by atoms with Gasteiger partial charge in [-0.15, -0.1) is 0 Å². The standard InChI is InChI=1S/C22H29FN8O/c1-3-15-10-27-22(28-11-15)29-9-8-19(18(23)13-29)30(17-5-6-17)21(32)16-4-7-20(26-12-16)31(25)14(2)24/h4,7,10-12,17-19,24H,3,5-6,8-9,13,25H2,1-2H3/t18-,19+/m0/s1. The number of hydrogen-bond donors (Lipinski definition) is 2. The number of anilines is 2. The van der Waals surface area contributed by atoms with E-state index in [1.54, 1.807) is 36.4 Å². The molecule has 10 heteroatoms. The zero-order chi connectivity index (χ0) is 22.8. The highest BCUT2D eigenvalue weighted by Crippen LogP contribution is 2.34. The third-order valence-corrected chi connectivity index (χ3v) is 6.02. The molecule has 0 unspecified atom stereocenters. The van der Waals surface area contributed by atoms with Crippen LogP contribution in [-0.2, 0) is 6.42 Å². The number of nitrogens with two attached hydrogens (primary N) is 1. The number of aryl methyl sites for hydroxylation is 1. The van der Waals surface area contributed by atoms with Crippen molar-refractivity contribution in [2.24, 2.45) is 5.84 Å². The number of hydrogen-bond acceptors (Lipinski definition) is 7. The molecule has 0 spiro atoms. The van der Waals surface area contributed by atoms with Crippen LogP contribution in [0.4, 0.5) is 16.2 Å². The fourth-order valence-corrected chi connectivity index (χ4v) is 4.00. The van der Waals surface area contributed by atoms with Gasteiger partial charge in [-0.1, -0.05) is 6.92 Å². The zero-order valence-corrected chi connectivity index (χ0v) is 18.4. The van der Waals surface area contributed by atoms with Crippen LogP contribution in [0.2, 0.25) is 0 Å². The monoisotopic (exact) mass is 440 g/mol. The van der Waals surface area contributed by atoms with Crippen molar-refractivity contribution in [3.63, 3.8) is 0 Å². The Labute approximate surface area is 186 Å². The number of halogens is 1. The summed E-state index contributed by atoms with van der Waals surface area (Å²) in [4.78, 5) is 29.8. The number of aromatic nitrogens is 3. The van der Waals surface area contributed by atoms with Crippen LogP contribution < -0.4 is 15.8 Å². The smallest absolute Gasteiger partial charge is 0.256 e. The number of alkyl halides is 1. The third-order valence-electron chi connectivity index (χ3n) is 6.02. The van der Waals surface area contributed by atoms with Crippen LogP contribution >= 0.6 is 0 Å². The molecule has 2 aromatic heterocycles. The quantitative estimate of drug-likeness (QED) is 0.307. The van der Waals surface area contributed by atoms with Crippen molar-refractivity contribution in [2.75, 3.05) is 23.0 Å². The van der Waals surface area contributed by atoms with E-state index in [1.807, 2.05) is 11.8 Å². The highest BCUT2D eigenvalue weighted by molar-refractivity contribution is 5.96. The van der Waals surface area contributed by atoms with E-state index < -0.39 is 12.2 Å². The predicted molar refractivity (Wildman–Crippen MR) is 120 cm³/mol. The van der Waals surface area contributed by atoms with Crippen LogP contribution in [0.1, 0.15) is 49.0 Å². The van der Waals surface area contributed by atoms with E-state index in [2.05, 4.69) is 15.0 Å². The van der Waals surface area contributed by atoms with Crippen LogP contribution in [-0.4, -0.2) is 62.9 Å². The van der Waals surface area contributed by atoms with Gasteiger partial charge in [-0.3, -0.25) is 10.2 Å². The number of amides is 1. The van der Waals surface area contributed by atoms with Crippen LogP contribution in [0.25, 0.3) is 0 Å². The summed E-state index contributed by atoms with van der Waals surface area (Å²) in [7, 11) is 0. The number of hydrazine groups is 1. The van der Waals surface area contributed by atoms with Crippen molar-refractivity contribution in [1.29, 1.82) is 5.41 Å². The van der Waals surface area contributed by atoms with Crippen molar-refractivity contribution < 1.29 is 9.18 Å². The lowest BCUT2D eigenvalue weighted by Crippen LogP contribution is -2.55. The zero-order valence-electron chi connectivity index (χ0n) is 18.4. The molecular weight excluding hydrogens is 411 g/mol. The molecule has 4 rings (SSSR count). The second-order valence-corrected chi connectivity index (χ2v) is 8.37. The summed E-state index contributed by atoms with van der Waals surface area (Å²) in [6.07, 6.45) is 6.94. The van der Waals surface area contributed by atoms with Gasteiger partial charge in [0.15, 0.2) is 0 Å². The van der Waals surface area contributed by atoms with Gasteiger partial charge in [0.1, 0.15) is 17.8 Å². The molecule has 2 atom stereocenters. The maximum absolute atomic E-state index is 15.3. The van der Waals surface area contributed by atoms with Crippen molar-refractivity contribution in [3.8, 4) is 0 Å². The summed E-state index contributed by atoms with van der Waals surface area (Å²) in [6.45, 7) is 4.33. The summed E-state index contributed by atoms with van der Waals surface area (Å²) in [5.74, 6) is 6.60. The van der Waals surface area contributed by atoms with E-state index in [1.165, 1.54) is 6.20 Å². The Morgan fingerprint density at radius 1 is 1.22 bits per heavy atom. The van der Waals surface area contributed by atoms with Gasteiger partial charge in [0, 0.05) is 31.2 Å². The summed E-state index contributed by atoms with van der Waals surface area (Å²) >= 11 is 0. The first kappa shape index (κ1) is 22.1. The van der Waals surface area contributed by atoms with Crippen LogP contribution in [0.5, 0.6) is 0 Å². The normalized spacial score (nSPS) is 20.7. The predicted octanol–water partition coefficient (Wildman–Crippen LogP) is 2.33. The van der Waals surface area contributed by atoms with Gasteiger partial charge < -0.3 is 9.80 Å². The van der Waals surface area contributed by atoms with Crippen molar-refractivity contribution in [3.05, 3.63) is 41.9 Å². The maximum Gasteiger partial charge on any atom is 0.256 e. The van der Waals surface area contributed by atoms with Crippen molar-refractivity contribution in [1.82, 2.24) is 19.9 Å². The highest BCUT2D eigenvalue weighted by Gasteiger charge is 2.43. The lowest BCUT2D eigenvalue weighted by Gasteiger charge is -2.41. The molecule has 2 fully saturated rings. The number of carbonyl (C=O) groups excluding carboxylic acids is 1. The maximum atomic E-state index is 15.3. The Bertz CT molecular complexity index is 963. The molecule has 2 aromatic rings. The molecule has 0 radical (unpaired) electrons. The van der Waals surface area contributed by atoms with Crippen LogP contribution in [0.15, 0.2) is 30.7 Å². The minimum absolute atomic E-state index is 0.0619. The molecule has 0 bridgehead atoms. The molecule has 32 heavy (non-hydrogen) atoms. The Balaban J connectivity index is 1.47. The van der Waals surface area contributed by atoms with E-state index in [0.29, 0.717) is 30.3 Å². The molecule has 2 aliphatic rings. The molecule has 0 aromatic carbocycles. The van der Waals surface area contributed by atoms with E-state index in [4.69, 9.17) is 11.3 Å². The lowest BCUT2D eigenvalue weighted by molar-refractivity contribution is 0.0486. The molecule has 170 valence electrons. The van der Waals surface area contributed by atoms with Gasteiger partial charge in [0.2, 0.25) is 5.95 Å². The first-order chi connectivity index (χ1) is 15.4. The number of rotatable bonds is 6. The van der Waals surface area contributed by atoms with Gasteiger partial charge in [0.05, 0.1) is 18.2 Å². The Hall–Kier alpha value is -3.14. The number of piperidine rings is 1. The van der Waals surface area contributed by atoms with E-state index in [-0.39, 0.29) is 24.3 Å². The van der Waals surface area contributed by atoms with Crippen molar-refractivity contribution >= 4 is 23.5 Å². The van der Waals surface area contributed by atoms with Gasteiger partial charge >= 0.3 is 0 Å². The molecule has 3 N–H and O–H groups in total. The second-order valence-electron chi connectivity index (χ2n) is 8.37. The molecule has 3 heterocycles. The number of amidine groups is 1. The molecule has 1 saturated carbocycles. The Kier molecular flexibility index (Phi) is 6.31. The minimum Gasteiger partial charge on any atom is -0.338 e. The molecule has 9 nitrogen and oxygen atoms in total. The fraction of sp³-hybridized carbons (Fsp3) is 0.500. The fourth-order valence-electron chi connectivity index (χ4n) is 4.00. The van der Waals surface area contributed by atoms with E-state index in [9.17, 15) is 4.79 Å². The van der Waals surface area contributed by atoms with Crippen LogP contribution in [0.3, 0.4) is 0 Å². The first-order valence-electron chi connectivity index (χ1n) is 11.0. The highest BCUT2D eigenvalue weighted by atomic mass is 19.1. The molecule has 1 saturated heterocycles. The Morgan fingerprint density at radius 3 is 2.47 bits per heavy atom. The number of nitrogens with zero attached hydrogens (tertiary/aromatic N) is 6. The molecule has 1 aliphatic carbocycles. The first-order valence-corrected chi connectivity index (χ1v) is 11.0. The van der Waals surface area contributed by atoms with Gasteiger partial charge in [-0.25, -0.2) is 30.2 Å². The summed E-state index contributed by atoms with van der Waals surface area (Å²) in [5, 5.41) is 8.73.